The summed E-state index contributed by atoms with van der Waals surface area (Å²) in [5.41, 5.74) is 2.56. The van der Waals surface area contributed by atoms with E-state index in [1.54, 1.807) is 36.7 Å². The van der Waals surface area contributed by atoms with Crippen molar-refractivity contribution in [2.75, 3.05) is 0 Å². The molecule has 0 saturated carbocycles. The zero-order valence-corrected chi connectivity index (χ0v) is 14.3. The summed E-state index contributed by atoms with van der Waals surface area (Å²) in [7, 11) is 0. The maximum atomic E-state index is 12.4. The minimum absolute atomic E-state index is 0.170. The molecular weight excluding hydrogens is 340 g/mol. The molecule has 124 valence electrons. The highest BCUT2D eigenvalue weighted by Gasteiger charge is 2.17. The highest BCUT2D eigenvalue weighted by molar-refractivity contribution is 6.32. The second-order valence-electron chi connectivity index (χ2n) is 5.72. The fourth-order valence-corrected chi connectivity index (χ4v) is 3.01. The smallest absolute Gasteiger partial charge is 0.347 e. The molecule has 0 bridgehead atoms. The molecule has 25 heavy (non-hydrogen) atoms. The highest BCUT2D eigenvalue weighted by Crippen LogP contribution is 2.25. The zero-order chi connectivity index (χ0) is 17.6. The monoisotopic (exact) mass is 352 g/mol. The fourth-order valence-electron chi connectivity index (χ4n) is 2.81. The number of benzene rings is 1. The lowest BCUT2D eigenvalue weighted by Crippen LogP contribution is -2.08. The molecule has 0 radical (unpaired) electrons. The van der Waals surface area contributed by atoms with Crippen LogP contribution in [0.2, 0.25) is 5.02 Å². The molecule has 0 aliphatic rings. The van der Waals surface area contributed by atoms with Gasteiger partial charge in [-0.1, -0.05) is 17.7 Å². The SMILES string of the molecule is Cc1cc(C)c2nc(-c3ccnn3-c3ncccc3Cl)oc(=O)c2c1. The van der Waals surface area contributed by atoms with Gasteiger partial charge in [0.25, 0.3) is 0 Å². The van der Waals surface area contributed by atoms with E-state index in [1.807, 2.05) is 19.9 Å². The van der Waals surface area contributed by atoms with E-state index in [-0.39, 0.29) is 5.89 Å². The molecule has 0 amide bonds. The van der Waals surface area contributed by atoms with Crippen molar-refractivity contribution in [1.82, 2.24) is 19.7 Å². The average Bonchev–Trinajstić information content (AvgIpc) is 3.05. The Morgan fingerprint density at radius 3 is 2.80 bits per heavy atom. The summed E-state index contributed by atoms with van der Waals surface area (Å²) in [5, 5.41) is 5.13. The lowest BCUT2D eigenvalue weighted by Gasteiger charge is -2.08. The lowest BCUT2D eigenvalue weighted by molar-refractivity contribution is 0.513. The minimum Gasteiger partial charge on any atom is -0.401 e. The molecule has 0 aliphatic heterocycles. The van der Waals surface area contributed by atoms with Gasteiger partial charge in [0.15, 0.2) is 5.82 Å². The first-order valence-electron chi connectivity index (χ1n) is 7.62. The molecule has 0 aliphatic carbocycles. The van der Waals surface area contributed by atoms with Gasteiger partial charge in [-0.2, -0.15) is 5.10 Å². The van der Waals surface area contributed by atoms with Gasteiger partial charge in [0.1, 0.15) is 5.69 Å². The van der Waals surface area contributed by atoms with Crippen molar-refractivity contribution in [2.24, 2.45) is 0 Å². The first kappa shape index (κ1) is 15.5. The molecule has 7 heteroatoms. The topological polar surface area (TPSA) is 73.8 Å². The molecule has 0 fully saturated rings. The molecule has 3 aromatic heterocycles. The van der Waals surface area contributed by atoms with Crippen molar-refractivity contribution in [3.8, 4) is 17.4 Å². The first-order chi connectivity index (χ1) is 12.0. The van der Waals surface area contributed by atoms with Gasteiger partial charge in [-0.25, -0.2) is 19.4 Å². The molecule has 4 rings (SSSR count). The van der Waals surface area contributed by atoms with Crippen LogP contribution in [0.4, 0.5) is 0 Å². The number of pyridine rings is 1. The number of aryl methyl sites for hydroxylation is 2. The maximum absolute atomic E-state index is 12.4. The molecule has 6 nitrogen and oxygen atoms in total. The second kappa shape index (κ2) is 5.82. The van der Waals surface area contributed by atoms with E-state index in [1.165, 1.54) is 4.68 Å². The van der Waals surface area contributed by atoms with E-state index in [0.29, 0.717) is 27.4 Å². The molecule has 0 N–H and O–H groups in total. The third-order valence-corrected chi connectivity index (χ3v) is 4.16. The quantitative estimate of drug-likeness (QED) is 0.550. The summed E-state index contributed by atoms with van der Waals surface area (Å²) in [6.07, 6.45) is 3.19. The van der Waals surface area contributed by atoms with Crippen molar-refractivity contribution in [3.05, 3.63) is 69.3 Å². The van der Waals surface area contributed by atoms with Crippen LogP contribution in [0, 0.1) is 13.8 Å². The van der Waals surface area contributed by atoms with Gasteiger partial charge in [0, 0.05) is 6.20 Å². The van der Waals surface area contributed by atoms with E-state index in [9.17, 15) is 4.79 Å². The number of hydrogen-bond donors (Lipinski definition) is 0. The van der Waals surface area contributed by atoms with Gasteiger partial charge in [0.05, 0.1) is 22.1 Å². The van der Waals surface area contributed by atoms with E-state index in [4.69, 9.17) is 16.0 Å². The van der Waals surface area contributed by atoms with Crippen LogP contribution in [-0.4, -0.2) is 19.7 Å². The molecule has 1 aromatic carbocycles. The number of aromatic nitrogens is 4. The Morgan fingerprint density at radius 2 is 2.00 bits per heavy atom. The number of halogens is 1. The molecule has 0 unspecified atom stereocenters. The molecule has 3 heterocycles. The lowest BCUT2D eigenvalue weighted by atomic mass is 10.1. The van der Waals surface area contributed by atoms with Crippen molar-refractivity contribution in [2.45, 2.75) is 13.8 Å². The van der Waals surface area contributed by atoms with Crippen molar-refractivity contribution in [3.63, 3.8) is 0 Å². The van der Waals surface area contributed by atoms with E-state index < -0.39 is 5.63 Å². The summed E-state index contributed by atoms with van der Waals surface area (Å²) in [6.45, 7) is 3.84. The van der Waals surface area contributed by atoms with Crippen LogP contribution in [0.15, 0.2) is 51.9 Å². The Bertz CT molecular complexity index is 1160. The average molecular weight is 353 g/mol. The summed E-state index contributed by atoms with van der Waals surface area (Å²) in [4.78, 5) is 21.2. The first-order valence-corrected chi connectivity index (χ1v) is 8.00. The predicted octanol–water partition coefficient (Wildman–Crippen LogP) is 3.71. The fraction of sp³-hybridized carbons (Fsp3) is 0.111. The summed E-state index contributed by atoms with van der Waals surface area (Å²) in [6, 6.07) is 8.90. The van der Waals surface area contributed by atoms with Crippen LogP contribution in [0.5, 0.6) is 0 Å². The van der Waals surface area contributed by atoms with Crippen LogP contribution in [0.25, 0.3) is 28.3 Å². The van der Waals surface area contributed by atoms with Gasteiger partial charge in [-0.3, -0.25) is 0 Å². The van der Waals surface area contributed by atoms with Crippen LogP contribution in [-0.2, 0) is 0 Å². The van der Waals surface area contributed by atoms with Crippen LogP contribution in [0.3, 0.4) is 0 Å². The predicted molar refractivity (Wildman–Crippen MR) is 95.1 cm³/mol. The van der Waals surface area contributed by atoms with Gasteiger partial charge in [-0.15, -0.1) is 0 Å². The van der Waals surface area contributed by atoms with Gasteiger partial charge < -0.3 is 4.42 Å². The maximum Gasteiger partial charge on any atom is 0.347 e. The molecule has 0 atom stereocenters. The van der Waals surface area contributed by atoms with Crippen molar-refractivity contribution >= 4 is 22.5 Å². The van der Waals surface area contributed by atoms with Crippen LogP contribution >= 0.6 is 11.6 Å². The number of nitrogens with zero attached hydrogens (tertiary/aromatic N) is 4. The van der Waals surface area contributed by atoms with Crippen LogP contribution in [0.1, 0.15) is 11.1 Å². The Balaban J connectivity index is 1.97. The highest BCUT2D eigenvalue weighted by atomic mass is 35.5. The number of hydrogen-bond acceptors (Lipinski definition) is 5. The molecule has 0 saturated heterocycles. The van der Waals surface area contributed by atoms with E-state index >= 15 is 0 Å². The molecule has 0 spiro atoms. The van der Waals surface area contributed by atoms with E-state index in [2.05, 4.69) is 15.1 Å². The standard InChI is InChI=1S/C18H13ClN4O2/c1-10-8-11(2)15-12(9-10)18(24)25-17(22-15)14-5-7-21-23(14)16-13(19)4-3-6-20-16/h3-9H,1-2H3. The van der Waals surface area contributed by atoms with Gasteiger partial charge in [-0.05, 0) is 49.2 Å². The van der Waals surface area contributed by atoms with Crippen LogP contribution < -0.4 is 5.63 Å². The summed E-state index contributed by atoms with van der Waals surface area (Å²) < 4.78 is 6.95. The third kappa shape index (κ3) is 2.60. The third-order valence-electron chi connectivity index (χ3n) is 3.87. The Kier molecular flexibility index (Phi) is 3.62. The zero-order valence-electron chi connectivity index (χ0n) is 13.5. The van der Waals surface area contributed by atoms with Crippen molar-refractivity contribution in [1.29, 1.82) is 0 Å². The normalized spacial score (nSPS) is 11.2. The summed E-state index contributed by atoms with van der Waals surface area (Å²) in [5.74, 6) is 0.609. The van der Waals surface area contributed by atoms with Crippen molar-refractivity contribution < 1.29 is 4.42 Å². The largest absolute Gasteiger partial charge is 0.401 e. The minimum atomic E-state index is -0.438. The number of fused-ring (bicyclic) bond motifs is 1. The van der Waals surface area contributed by atoms with E-state index in [0.717, 1.165) is 11.1 Å². The summed E-state index contributed by atoms with van der Waals surface area (Å²) >= 11 is 6.21. The Labute approximate surface area is 147 Å². The molecule has 4 aromatic rings. The molecular formula is C18H13ClN4O2. The van der Waals surface area contributed by atoms with Gasteiger partial charge in [0.2, 0.25) is 5.89 Å². The van der Waals surface area contributed by atoms with Gasteiger partial charge >= 0.3 is 5.63 Å². The Hall–Kier alpha value is -2.99. The second-order valence-corrected chi connectivity index (χ2v) is 6.13. The Morgan fingerprint density at radius 1 is 1.16 bits per heavy atom. The number of rotatable bonds is 2.